The summed E-state index contributed by atoms with van der Waals surface area (Å²) in [5.41, 5.74) is 5.15. The maximum Gasteiger partial charge on any atom is 0.120 e. The van der Waals surface area contributed by atoms with E-state index in [0.29, 0.717) is 12.3 Å². The monoisotopic (exact) mass is 245 g/mol. The van der Waals surface area contributed by atoms with Gasteiger partial charge in [-0.3, -0.25) is 4.68 Å². The van der Waals surface area contributed by atoms with E-state index in [-0.39, 0.29) is 0 Å². The van der Waals surface area contributed by atoms with Crippen LogP contribution in [0.15, 0.2) is 18.2 Å². The molecule has 0 fully saturated rings. The molecule has 0 unspecified atom stereocenters. The number of aromatic hydroxyl groups is 1. The maximum atomic E-state index is 9.80. The average Bonchev–Trinajstić information content (AvgIpc) is 2.55. The van der Waals surface area contributed by atoms with Crippen LogP contribution in [0.5, 0.6) is 5.75 Å². The van der Waals surface area contributed by atoms with Crippen LogP contribution >= 0.6 is 0 Å². The van der Waals surface area contributed by atoms with Gasteiger partial charge in [0.05, 0.1) is 17.1 Å². The zero-order chi connectivity index (χ0) is 13.3. The smallest absolute Gasteiger partial charge is 0.120 e. The molecule has 0 aliphatic carbocycles. The van der Waals surface area contributed by atoms with Crippen LogP contribution in [0.2, 0.25) is 0 Å². The first kappa shape index (κ1) is 12.5. The van der Waals surface area contributed by atoms with Crippen LogP contribution in [0.1, 0.15) is 22.5 Å². The van der Waals surface area contributed by atoms with Gasteiger partial charge in [-0.05, 0) is 26.8 Å². The van der Waals surface area contributed by atoms with Crippen LogP contribution in [-0.2, 0) is 13.6 Å². The van der Waals surface area contributed by atoms with Gasteiger partial charge in [-0.25, -0.2) is 0 Å². The van der Waals surface area contributed by atoms with Crippen LogP contribution in [-0.4, -0.2) is 14.9 Å². The van der Waals surface area contributed by atoms with Crippen LogP contribution in [0.4, 0.5) is 5.69 Å². The SMILES string of the molecule is Cc1ccc(O)c(CNc2c(C)nn(C)c2C)c1. The number of nitrogens with one attached hydrogen (secondary N) is 1. The van der Waals surface area contributed by atoms with Crippen LogP contribution in [0.3, 0.4) is 0 Å². The minimum atomic E-state index is 0.326. The first-order valence-electron chi connectivity index (χ1n) is 6.01. The molecule has 0 saturated carbocycles. The van der Waals surface area contributed by atoms with Gasteiger partial charge in [0.2, 0.25) is 0 Å². The molecule has 1 aromatic heterocycles. The standard InChI is InChI=1S/C14H19N3O/c1-9-5-6-13(18)12(7-9)8-15-14-10(2)16-17(4)11(14)3/h5-7,15,18H,8H2,1-4H3. The number of phenols is 1. The summed E-state index contributed by atoms with van der Waals surface area (Å²) < 4.78 is 1.85. The summed E-state index contributed by atoms with van der Waals surface area (Å²) in [7, 11) is 1.93. The fraction of sp³-hybridized carbons (Fsp3) is 0.357. The van der Waals surface area contributed by atoms with Crippen molar-refractivity contribution in [1.82, 2.24) is 9.78 Å². The second-order valence-electron chi connectivity index (χ2n) is 4.66. The zero-order valence-corrected chi connectivity index (χ0v) is 11.3. The minimum absolute atomic E-state index is 0.326. The number of aryl methyl sites for hydroxylation is 3. The van der Waals surface area contributed by atoms with Crippen molar-refractivity contribution < 1.29 is 5.11 Å². The minimum Gasteiger partial charge on any atom is -0.508 e. The predicted molar refractivity (Wildman–Crippen MR) is 72.9 cm³/mol. The lowest BCUT2D eigenvalue weighted by molar-refractivity contribution is 0.469. The summed E-state index contributed by atoms with van der Waals surface area (Å²) in [6.07, 6.45) is 0. The van der Waals surface area contributed by atoms with Gasteiger partial charge in [0.25, 0.3) is 0 Å². The number of phenolic OH excluding ortho intramolecular Hbond substituents is 1. The Balaban J connectivity index is 2.19. The Morgan fingerprint density at radius 2 is 2.00 bits per heavy atom. The van der Waals surface area contributed by atoms with Gasteiger partial charge in [0.15, 0.2) is 0 Å². The molecule has 1 heterocycles. The third-order valence-electron chi connectivity index (χ3n) is 3.20. The summed E-state index contributed by atoms with van der Waals surface area (Å²) in [5, 5.41) is 17.5. The Labute approximate surface area is 107 Å². The quantitative estimate of drug-likeness (QED) is 0.874. The topological polar surface area (TPSA) is 50.1 Å². The third kappa shape index (κ3) is 2.32. The normalized spacial score (nSPS) is 10.7. The van der Waals surface area contributed by atoms with E-state index in [9.17, 15) is 5.11 Å². The van der Waals surface area contributed by atoms with Crippen LogP contribution in [0.25, 0.3) is 0 Å². The summed E-state index contributed by atoms with van der Waals surface area (Å²) >= 11 is 0. The van der Waals surface area contributed by atoms with Gasteiger partial charge in [0, 0.05) is 19.2 Å². The Kier molecular flexibility index (Phi) is 3.28. The summed E-state index contributed by atoms with van der Waals surface area (Å²) in [6.45, 7) is 6.62. The highest BCUT2D eigenvalue weighted by atomic mass is 16.3. The lowest BCUT2D eigenvalue weighted by atomic mass is 10.1. The van der Waals surface area contributed by atoms with Crippen molar-refractivity contribution in [3.8, 4) is 5.75 Å². The molecule has 0 radical (unpaired) electrons. The number of aromatic nitrogens is 2. The van der Waals surface area contributed by atoms with Gasteiger partial charge < -0.3 is 10.4 Å². The Hall–Kier alpha value is -1.97. The molecule has 4 nitrogen and oxygen atoms in total. The highest BCUT2D eigenvalue weighted by molar-refractivity contribution is 5.53. The second-order valence-corrected chi connectivity index (χ2v) is 4.66. The number of hydrogen-bond acceptors (Lipinski definition) is 3. The highest BCUT2D eigenvalue weighted by Crippen LogP contribution is 2.23. The first-order valence-corrected chi connectivity index (χ1v) is 6.01. The molecule has 2 aromatic rings. The second kappa shape index (κ2) is 4.72. The summed E-state index contributed by atoms with van der Waals surface area (Å²) in [6, 6.07) is 5.62. The lowest BCUT2D eigenvalue weighted by Crippen LogP contribution is -2.02. The van der Waals surface area contributed by atoms with E-state index in [1.807, 2.05) is 44.6 Å². The molecule has 0 aliphatic heterocycles. The van der Waals surface area contributed by atoms with Crippen molar-refractivity contribution in [2.24, 2.45) is 7.05 Å². The molecule has 2 rings (SSSR count). The van der Waals surface area contributed by atoms with E-state index >= 15 is 0 Å². The first-order chi connectivity index (χ1) is 8.49. The molecular weight excluding hydrogens is 226 g/mol. The fourth-order valence-electron chi connectivity index (χ4n) is 2.07. The molecule has 96 valence electrons. The number of nitrogens with zero attached hydrogens (tertiary/aromatic N) is 2. The predicted octanol–water partition coefficient (Wildman–Crippen LogP) is 2.66. The zero-order valence-electron chi connectivity index (χ0n) is 11.3. The number of benzene rings is 1. The van der Waals surface area contributed by atoms with Gasteiger partial charge in [-0.1, -0.05) is 17.7 Å². The molecule has 2 N–H and O–H groups in total. The molecule has 0 spiro atoms. The molecular formula is C14H19N3O. The molecule has 0 aliphatic rings. The molecule has 0 bridgehead atoms. The average molecular weight is 245 g/mol. The Bertz CT molecular complexity index is 573. The van der Waals surface area contributed by atoms with Crippen molar-refractivity contribution in [3.63, 3.8) is 0 Å². The van der Waals surface area contributed by atoms with Gasteiger partial charge in [-0.2, -0.15) is 5.10 Å². The van der Waals surface area contributed by atoms with Crippen molar-refractivity contribution in [3.05, 3.63) is 40.7 Å². The van der Waals surface area contributed by atoms with Crippen molar-refractivity contribution >= 4 is 5.69 Å². The van der Waals surface area contributed by atoms with E-state index in [1.165, 1.54) is 0 Å². The fourth-order valence-corrected chi connectivity index (χ4v) is 2.07. The molecule has 1 aromatic carbocycles. The maximum absolute atomic E-state index is 9.80. The Morgan fingerprint density at radius 1 is 1.28 bits per heavy atom. The molecule has 0 amide bonds. The molecule has 0 saturated heterocycles. The highest BCUT2D eigenvalue weighted by Gasteiger charge is 2.09. The molecule has 4 heteroatoms. The van der Waals surface area contributed by atoms with E-state index in [4.69, 9.17) is 0 Å². The van der Waals surface area contributed by atoms with E-state index in [1.54, 1.807) is 6.07 Å². The summed E-state index contributed by atoms with van der Waals surface area (Å²) in [4.78, 5) is 0. The van der Waals surface area contributed by atoms with E-state index in [2.05, 4.69) is 10.4 Å². The van der Waals surface area contributed by atoms with Gasteiger partial charge in [-0.15, -0.1) is 0 Å². The number of rotatable bonds is 3. The van der Waals surface area contributed by atoms with Crippen molar-refractivity contribution in [2.45, 2.75) is 27.3 Å². The van der Waals surface area contributed by atoms with E-state index < -0.39 is 0 Å². The van der Waals surface area contributed by atoms with Crippen LogP contribution < -0.4 is 5.32 Å². The van der Waals surface area contributed by atoms with Crippen LogP contribution in [0, 0.1) is 20.8 Å². The number of anilines is 1. The molecule has 0 atom stereocenters. The Morgan fingerprint density at radius 3 is 2.61 bits per heavy atom. The molecule has 18 heavy (non-hydrogen) atoms. The van der Waals surface area contributed by atoms with Gasteiger partial charge in [0.1, 0.15) is 5.75 Å². The van der Waals surface area contributed by atoms with Crippen molar-refractivity contribution in [1.29, 1.82) is 0 Å². The third-order valence-corrected chi connectivity index (χ3v) is 3.20. The number of hydrogen-bond donors (Lipinski definition) is 2. The van der Waals surface area contributed by atoms with Gasteiger partial charge >= 0.3 is 0 Å². The summed E-state index contributed by atoms with van der Waals surface area (Å²) in [5.74, 6) is 0.326. The van der Waals surface area contributed by atoms with E-state index in [0.717, 1.165) is 28.2 Å². The lowest BCUT2D eigenvalue weighted by Gasteiger charge is -2.09. The van der Waals surface area contributed by atoms with Crippen molar-refractivity contribution in [2.75, 3.05) is 5.32 Å². The largest absolute Gasteiger partial charge is 0.508 e.